The van der Waals surface area contributed by atoms with Gasteiger partial charge in [0, 0.05) is 24.9 Å². The third-order valence-corrected chi connectivity index (χ3v) is 3.53. The Hall–Kier alpha value is -1.32. The molecule has 0 aromatic heterocycles. The van der Waals surface area contributed by atoms with Crippen LogP contribution in [0, 0.1) is 5.41 Å². The summed E-state index contributed by atoms with van der Waals surface area (Å²) in [6.45, 7) is 7.00. The number of amides is 1. The molecule has 18 heavy (non-hydrogen) atoms. The van der Waals surface area contributed by atoms with E-state index in [9.17, 15) is 9.59 Å². The summed E-state index contributed by atoms with van der Waals surface area (Å²) in [7, 11) is 0. The molecular formula is C14H21NO3. The third kappa shape index (κ3) is 2.92. The molecule has 1 fully saturated rings. The maximum Gasteiger partial charge on any atom is 0.410 e. The number of hydrogen-bond donors (Lipinski definition) is 0. The molecule has 1 aliphatic carbocycles. The highest BCUT2D eigenvalue weighted by Gasteiger charge is 2.40. The van der Waals surface area contributed by atoms with Crippen molar-refractivity contribution < 1.29 is 14.3 Å². The van der Waals surface area contributed by atoms with Gasteiger partial charge < -0.3 is 9.64 Å². The van der Waals surface area contributed by atoms with E-state index >= 15 is 0 Å². The molecule has 4 heteroatoms. The zero-order valence-corrected chi connectivity index (χ0v) is 11.4. The summed E-state index contributed by atoms with van der Waals surface area (Å²) < 4.78 is 5.37. The van der Waals surface area contributed by atoms with Crippen molar-refractivity contribution >= 4 is 11.9 Å². The molecule has 1 aliphatic heterocycles. The van der Waals surface area contributed by atoms with Crippen molar-refractivity contribution in [3.63, 3.8) is 0 Å². The molecule has 1 spiro atoms. The number of hydrogen-bond acceptors (Lipinski definition) is 3. The van der Waals surface area contributed by atoms with Crippen molar-refractivity contribution in [3.8, 4) is 0 Å². The first-order valence-electron chi connectivity index (χ1n) is 6.50. The SMILES string of the molecule is CC(C)(C)OC(=O)N1CCC2(C=CC(=O)CC2)C1. The average molecular weight is 251 g/mol. The van der Waals surface area contributed by atoms with Crippen LogP contribution in [0.4, 0.5) is 4.79 Å². The minimum absolute atomic E-state index is 0.00478. The zero-order valence-electron chi connectivity index (χ0n) is 11.4. The summed E-state index contributed by atoms with van der Waals surface area (Å²) >= 11 is 0. The minimum atomic E-state index is -0.453. The molecule has 1 amide bonds. The number of carbonyl (C=O) groups is 2. The van der Waals surface area contributed by atoms with Crippen molar-refractivity contribution in [1.82, 2.24) is 4.90 Å². The number of rotatable bonds is 0. The zero-order chi connectivity index (χ0) is 13.4. The van der Waals surface area contributed by atoms with Crippen molar-refractivity contribution in [2.75, 3.05) is 13.1 Å². The van der Waals surface area contributed by atoms with Crippen LogP contribution in [0.25, 0.3) is 0 Å². The maximum atomic E-state index is 12.0. The van der Waals surface area contributed by atoms with Gasteiger partial charge in [-0.1, -0.05) is 6.08 Å². The Morgan fingerprint density at radius 1 is 1.39 bits per heavy atom. The van der Waals surface area contributed by atoms with E-state index in [0.717, 1.165) is 12.8 Å². The van der Waals surface area contributed by atoms with Crippen LogP contribution in [0.1, 0.15) is 40.0 Å². The number of likely N-dealkylation sites (tertiary alicyclic amines) is 1. The number of allylic oxidation sites excluding steroid dienone is 1. The average Bonchev–Trinajstić information content (AvgIpc) is 2.65. The second kappa shape index (κ2) is 4.41. The van der Waals surface area contributed by atoms with E-state index in [0.29, 0.717) is 19.5 Å². The molecule has 0 bridgehead atoms. The topological polar surface area (TPSA) is 46.6 Å². The molecule has 0 aromatic carbocycles. The van der Waals surface area contributed by atoms with Crippen LogP contribution in [-0.4, -0.2) is 35.5 Å². The Balaban J connectivity index is 1.98. The highest BCUT2D eigenvalue weighted by molar-refractivity contribution is 5.90. The van der Waals surface area contributed by atoms with E-state index < -0.39 is 5.60 Å². The molecule has 1 atom stereocenters. The first kappa shape index (κ1) is 13.1. The van der Waals surface area contributed by atoms with Crippen LogP contribution in [-0.2, 0) is 9.53 Å². The summed E-state index contributed by atoms with van der Waals surface area (Å²) in [6, 6.07) is 0. The van der Waals surface area contributed by atoms with Crippen molar-refractivity contribution in [2.45, 2.75) is 45.6 Å². The molecule has 0 aromatic rings. The predicted molar refractivity (Wildman–Crippen MR) is 68.2 cm³/mol. The summed E-state index contributed by atoms with van der Waals surface area (Å²) in [5.41, 5.74) is -0.448. The van der Waals surface area contributed by atoms with Crippen LogP contribution < -0.4 is 0 Å². The van der Waals surface area contributed by atoms with Crippen molar-refractivity contribution in [2.24, 2.45) is 5.41 Å². The van der Waals surface area contributed by atoms with E-state index in [1.807, 2.05) is 26.8 Å². The number of ether oxygens (including phenoxy) is 1. The van der Waals surface area contributed by atoms with Crippen molar-refractivity contribution in [3.05, 3.63) is 12.2 Å². The van der Waals surface area contributed by atoms with Gasteiger partial charge in [0.2, 0.25) is 0 Å². The van der Waals surface area contributed by atoms with Crippen LogP contribution in [0.5, 0.6) is 0 Å². The molecule has 1 unspecified atom stereocenters. The second-order valence-electron chi connectivity index (χ2n) is 6.31. The Kier molecular flexibility index (Phi) is 3.21. The summed E-state index contributed by atoms with van der Waals surface area (Å²) in [4.78, 5) is 24.9. The fourth-order valence-electron chi connectivity index (χ4n) is 2.53. The lowest BCUT2D eigenvalue weighted by Gasteiger charge is -2.29. The van der Waals surface area contributed by atoms with Gasteiger partial charge in [0.05, 0.1) is 0 Å². The standard InChI is InChI=1S/C14H21NO3/c1-13(2,3)18-12(17)15-9-8-14(10-15)6-4-11(16)5-7-14/h4,6H,5,7-10H2,1-3H3. The molecular weight excluding hydrogens is 230 g/mol. The Labute approximate surface area is 108 Å². The van der Waals surface area contributed by atoms with Gasteiger partial charge in [-0.05, 0) is 39.7 Å². The van der Waals surface area contributed by atoms with Gasteiger partial charge in [0.1, 0.15) is 5.60 Å². The first-order valence-corrected chi connectivity index (χ1v) is 6.50. The fourth-order valence-corrected chi connectivity index (χ4v) is 2.53. The minimum Gasteiger partial charge on any atom is -0.444 e. The summed E-state index contributed by atoms with van der Waals surface area (Å²) in [5.74, 6) is 0.191. The number of ketones is 1. The van der Waals surface area contributed by atoms with Gasteiger partial charge >= 0.3 is 6.09 Å². The Morgan fingerprint density at radius 3 is 2.67 bits per heavy atom. The van der Waals surface area contributed by atoms with Crippen molar-refractivity contribution in [1.29, 1.82) is 0 Å². The van der Waals surface area contributed by atoms with Gasteiger partial charge in [0.25, 0.3) is 0 Å². The first-order chi connectivity index (χ1) is 8.30. The van der Waals surface area contributed by atoms with E-state index in [4.69, 9.17) is 4.74 Å². The molecule has 0 saturated carbocycles. The second-order valence-corrected chi connectivity index (χ2v) is 6.31. The number of nitrogens with zero attached hydrogens (tertiary/aromatic N) is 1. The maximum absolute atomic E-state index is 12.0. The fraction of sp³-hybridized carbons (Fsp3) is 0.714. The third-order valence-electron chi connectivity index (χ3n) is 3.53. The Morgan fingerprint density at radius 2 is 2.11 bits per heavy atom. The monoisotopic (exact) mass is 251 g/mol. The molecule has 0 N–H and O–H groups in total. The Bertz CT molecular complexity index is 394. The van der Waals surface area contributed by atoms with Gasteiger partial charge in [-0.25, -0.2) is 4.79 Å². The highest BCUT2D eigenvalue weighted by atomic mass is 16.6. The molecule has 2 aliphatic rings. The predicted octanol–water partition coefficient (Wildman–Crippen LogP) is 2.53. The van der Waals surface area contributed by atoms with E-state index in [2.05, 4.69) is 0 Å². The molecule has 1 saturated heterocycles. The van der Waals surface area contributed by atoms with E-state index in [1.165, 1.54) is 0 Å². The highest BCUT2D eigenvalue weighted by Crippen LogP contribution is 2.39. The molecule has 100 valence electrons. The molecule has 0 radical (unpaired) electrons. The lowest BCUT2D eigenvalue weighted by atomic mass is 9.78. The number of carbonyl (C=O) groups excluding carboxylic acids is 2. The van der Waals surface area contributed by atoms with Gasteiger partial charge in [-0.3, -0.25) is 4.79 Å². The van der Waals surface area contributed by atoms with Crippen LogP contribution in [0.2, 0.25) is 0 Å². The van der Waals surface area contributed by atoms with E-state index in [1.54, 1.807) is 11.0 Å². The summed E-state index contributed by atoms with van der Waals surface area (Å²) in [6.07, 6.45) is 5.78. The molecule has 1 heterocycles. The van der Waals surface area contributed by atoms with Gasteiger partial charge in [0.15, 0.2) is 5.78 Å². The smallest absolute Gasteiger partial charge is 0.410 e. The van der Waals surface area contributed by atoms with Crippen LogP contribution >= 0.6 is 0 Å². The lowest BCUT2D eigenvalue weighted by Crippen LogP contribution is -2.37. The quantitative estimate of drug-likeness (QED) is 0.664. The lowest BCUT2D eigenvalue weighted by molar-refractivity contribution is -0.115. The normalized spacial score (nSPS) is 27.9. The van der Waals surface area contributed by atoms with Crippen LogP contribution in [0.3, 0.4) is 0 Å². The van der Waals surface area contributed by atoms with E-state index in [-0.39, 0.29) is 17.3 Å². The molecule has 2 rings (SSSR count). The molecule has 4 nitrogen and oxygen atoms in total. The summed E-state index contributed by atoms with van der Waals surface area (Å²) in [5, 5.41) is 0. The van der Waals surface area contributed by atoms with Gasteiger partial charge in [-0.2, -0.15) is 0 Å². The largest absolute Gasteiger partial charge is 0.444 e. The van der Waals surface area contributed by atoms with Crippen LogP contribution in [0.15, 0.2) is 12.2 Å². The van der Waals surface area contributed by atoms with Gasteiger partial charge in [-0.15, -0.1) is 0 Å².